The smallest absolute Gasteiger partial charge is 0.258 e. The summed E-state index contributed by atoms with van der Waals surface area (Å²) in [4.78, 5) is 35.3. The molecule has 0 radical (unpaired) electrons. The van der Waals surface area contributed by atoms with Gasteiger partial charge in [-0.25, -0.2) is 4.98 Å². The highest BCUT2D eigenvalue weighted by atomic mass is 16.2. The van der Waals surface area contributed by atoms with Crippen molar-refractivity contribution in [1.82, 2.24) is 14.9 Å². The number of carbonyl (C=O) groups is 1. The number of amides is 1. The maximum Gasteiger partial charge on any atom is 0.258 e. The second-order valence-electron chi connectivity index (χ2n) is 7.67. The van der Waals surface area contributed by atoms with E-state index >= 15 is 0 Å². The van der Waals surface area contributed by atoms with Crippen LogP contribution in [0.4, 0.5) is 0 Å². The van der Waals surface area contributed by atoms with E-state index in [2.05, 4.69) is 24.0 Å². The average molecular weight is 406 g/mol. The summed E-state index contributed by atoms with van der Waals surface area (Å²) in [5.74, 6) is 0.695. The summed E-state index contributed by atoms with van der Waals surface area (Å²) < 4.78 is 0. The van der Waals surface area contributed by atoms with Crippen molar-refractivity contribution < 1.29 is 4.79 Å². The monoisotopic (exact) mass is 405 g/mol. The lowest BCUT2D eigenvalue weighted by Gasteiger charge is -2.31. The SMILES string of the molecule is CCCCCC(=O)N(CCc1ccccc1)[C@@H](CC)c1nc2ccccc2c(=O)[nH]1. The van der Waals surface area contributed by atoms with Crippen LogP contribution in [0.3, 0.4) is 0 Å². The van der Waals surface area contributed by atoms with Crippen LogP contribution in [-0.4, -0.2) is 27.3 Å². The number of nitrogens with one attached hydrogen (secondary N) is 1. The number of fused-ring (bicyclic) bond motifs is 1. The zero-order valence-corrected chi connectivity index (χ0v) is 17.9. The molecule has 0 saturated carbocycles. The van der Waals surface area contributed by atoms with Crippen molar-refractivity contribution in [2.75, 3.05) is 6.54 Å². The number of benzene rings is 2. The molecule has 5 heteroatoms. The number of para-hydroxylation sites is 1. The number of hydrogen-bond acceptors (Lipinski definition) is 3. The average Bonchev–Trinajstić information content (AvgIpc) is 2.77. The molecule has 3 rings (SSSR count). The zero-order chi connectivity index (χ0) is 21.3. The number of aromatic amines is 1. The van der Waals surface area contributed by atoms with E-state index in [1.807, 2.05) is 48.2 Å². The van der Waals surface area contributed by atoms with E-state index in [-0.39, 0.29) is 17.5 Å². The van der Waals surface area contributed by atoms with E-state index < -0.39 is 0 Å². The summed E-state index contributed by atoms with van der Waals surface area (Å²) in [6.07, 6.45) is 4.99. The molecular formula is C25H31N3O2. The van der Waals surface area contributed by atoms with Gasteiger partial charge in [0.25, 0.3) is 5.56 Å². The molecule has 5 nitrogen and oxygen atoms in total. The molecule has 2 aromatic carbocycles. The Morgan fingerprint density at radius 3 is 2.50 bits per heavy atom. The standard InChI is InChI=1S/C25H31N3O2/c1-3-5-7-16-23(29)28(18-17-19-12-8-6-9-13-19)22(4-2)24-26-21-15-11-10-14-20(21)25(30)27-24/h6,8-15,22H,3-5,7,16-18H2,1-2H3,(H,26,27,30)/t22-/m0/s1. The Labute approximate surface area is 178 Å². The number of unbranched alkanes of at least 4 members (excludes halogenated alkanes) is 2. The third-order valence-electron chi connectivity index (χ3n) is 5.51. The van der Waals surface area contributed by atoms with Gasteiger partial charge in [-0.2, -0.15) is 0 Å². The molecule has 0 aliphatic carbocycles. The fraction of sp³-hybridized carbons (Fsp3) is 0.400. The van der Waals surface area contributed by atoms with Gasteiger partial charge in [0.1, 0.15) is 5.82 Å². The maximum absolute atomic E-state index is 13.2. The third kappa shape index (κ3) is 5.35. The molecule has 0 bridgehead atoms. The molecule has 0 aliphatic heterocycles. The maximum atomic E-state index is 13.2. The van der Waals surface area contributed by atoms with E-state index in [0.29, 0.717) is 36.1 Å². The van der Waals surface area contributed by atoms with Crippen LogP contribution in [0, 0.1) is 0 Å². The highest BCUT2D eigenvalue weighted by molar-refractivity contribution is 5.78. The summed E-state index contributed by atoms with van der Waals surface area (Å²) in [6.45, 7) is 4.77. The minimum atomic E-state index is -0.250. The lowest BCUT2D eigenvalue weighted by Crippen LogP contribution is -2.37. The van der Waals surface area contributed by atoms with Gasteiger partial charge >= 0.3 is 0 Å². The molecule has 1 aromatic heterocycles. The van der Waals surface area contributed by atoms with E-state index in [9.17, 15) is 9.59 Å². The van der Waals surface area contributed by atoms with Crippen LogP contribution in [0.25, 0.3) is 10.9 Å². The van der Waals surface area contributed by atoms with Crippen molar-refractivity contribution >= 4 is 16.8 Å². The predicted octanol–water partition coefficient (Wildman–Crippen LogP) is 5.03. The van der Waals surface area contributed by atoms with Crippen molar-refractivity contribution in [3.05, 3.63) is 76.3 Å². The zero-order valence-electron chi connectivity index (χ0n) is 17.9. The number of hydrogen-bond donors (Lipinski definition) is 1. The third-order valence-corrected chi connectivity index (χ3v) is 5.51. The first-order chi connectivity index (χ1) is 14.6. The molecule has 1 heterocycles. The number of nitrogens with zero attached hydrogens (tertiary/aromatic N) is 2. The van der Waals surface area contributed by atoms with Gasteiger partial charge < -0.3 is 9.88 Å². The van der Waals surface area contributed by atoms with Gasteiger partial charge in [-0.15, -0.1) is 0 Å². The highest BCUT2D eigenvalue weighted by Gasteiger charge is 2.25. The molecule has 1 atom stereocenters. The van der Waals surface area contributed by atoms with Gasteiger partial charge in [0.2, 0.25) is 5.91 Å². The molecule has 30 heavy (non-hydrogen) atoms. The van der Waals surface area contributed by atoms with Crippen molar-refractivity contribution in [2.24, 2.45) is 0 Å². The molecular weight excluding hydrogens is 374 g/mol. The van der Waals surface area contributed by atoms with Crippen molar-refractivity contribution in [1.29, 1.82) is 0 Å². The molecule has 0 fully saturated rings. The fourth-order valence-electron chi connectivity index (χ4n) is 3.84. The summed E-state index contributed by atoms with van der Waals surface area (Å²) in [6, 6.07) is 17.3. The van der Waals surface area contributed by atoms with Crippen molar-refractivity contribution in [3.63, 3.8) is 0 Å². The minimum absolute atomic E-state index is 0.127. The largest absolute Gasteiger partial charge is 0.332 e. The topological polar surface area (TPSA) is 66.1 Å². The Bertz CT molecular complexity index is 1010. The first-order valence-electron chi connectivity index (χ1n) is 11.0. The molecule has 1 N–H and O–H groups in total. The molecule has 1 amide bonds. The lowest BCUT2D eigenvalue weighted by atomic mass is 10.1. The lowest BCUT2D eigenvalue weighted by molar-refractivity contribution is -0.134. The number of carbonyl (C=O) groups excluding carboxylic acids is 1. The Kier molecular flexibility index (Phi) is 7.77. The molecule has 0 unspecified atom stereocenters. The van der Waals surface area contributed by atoms with Gasteiger partial charge in [-0.1, -0.05) is 69.2 Å². The minimum Gasteiger partial charge on any atom is -0.332 e. The van der Waals surface area contributed by atoms with Gasteiger partial charge in [0.15, 0.2) is 0 Å². The van der Waals surface area contributed by atoms with Crippen LogP contribution in [-0.2, 0) is 11.2 Å². The molecule has 158 valence electrons. The summed E-state index contributed by atoms with van der Waals surface area (Å²) in [5.41, 5.74) is 1.70. The summed E-state index contributed by atoms with van der Waals surface area (Å²) in [5, 5.41) is 0.571. The van der Waals surface area contributed by atoms with E-state index in [1.165, 1.54) is 5.56 Å². The molecule has 3 aromatic rings. The number of H-pyrrole nitrogens is 1. The summed E-state index contributed by atoms with van der Waals surface area (Å²) in [7, 11) is 0. The number of rotatable bonds is 10. The first-order valence-corrected chi connectivity index (χ1v) is 11.0. The Balaban J connectivity index is 1.90. The Morgan fingerprint density at radius 2 is 1.77 bits per heavy atom. The van der Waals surface area contributed by atoms with Crippen molar-refractivity contribution in [3.8, 4) is 0 Å². The van der Waals surface area contributed by atoms with Gasteiger partial charge in [0, 0.05) is 13.0 Å². The van der Waals surface area contributed by atoms with E-state index in [1.54, 1.807) is 6.07 Å². The van der Waals surface area contributed by atoms with Gasteiger partial charge in [0.05, 0.1) is 16.9 Å². The van der Waals surface area contributed by atoms with E-state index in [4.69, 9.17) is 4.98 Å². The van der Waals surface area contributed by atoms with Crippen LogP contribution in [0.5, 0.6) is 0 Å². The van der Waals surface area contributed by atoms with E-state index in [0.717, 1.165) is 25.7 Å². The summed E-state index contributed by atoms with van der Waals surface area (Å²) >= 11 is 0. The normalized spacial score (nSPS) is 12.1. The number of aromatic nitrogens is 2. The molecule has 0 aliphatic rings. The Hall–Kier alpha value is -2.95. The van der Waals surface area contributed by atoms with Crippen LogP contribution in [0.2, 0.25) is 0 Å². The van der Waals surface area contributed by atoms with Gasteiger partial charge in [-0.05, 0) is 37.0 Å². The second kappa shape index (κ2) is 10.7. The fourth-order valence-corrected chi connectivity index (χ4v) is 3.84. The Morgan fingerprint density at radius 1 is 1.03 bits per heavy atom. The van der Waals surface area contributed by atoms with Crippen LogP contribution in [0.1, 0.15) is 63.4 Å². The second-order valence-corrected chi connectivity index (χ2v) is 7.67. The highest BCUT2D eigenvalue weighted by Crippen LogP contribution is 2.24. The van der Waals surface area contributed by atoms with Crippen LogP contribution < -0.4 is 5.56 Å². The molecule has 0 saturated heterocycles. The van der Waals surface area contributed by atoms with Gasteiger partial charge in [-0.3, -0.25) is 9.59 Å². The van der Waals surface area contributed by atoms with Crippen molar-refractivity contribution in [2.45, 2.75) is 58.4 Å². The predicted molar refractivity (Wildman–Crippen MR) is 121 cm³/mol. The van der Waals surface area contributed by atoms with Crippen LogP contribution in [0.15, 0.2) is 59.4 Å². The quantitative estimate of drug-likeness (QED) is 0.481. The first kappa shape index (κ1) is 21.8. The molecule has 0 spiro atoms. The van der Waals surface area contributed by atoms with Crippen LogP contribution >= 0.6 is 0 Å².